The number of halogens is 1. The molecule has 0 N–H and O–H groups in total. The maximum atomic E-state index is 12.9. The highest BCUT2D eigenvalue weighted by molar-refractivity contribution is 8.27. The van der Waals surface area contributed by atoms with E-state index in [1.807, 2.05) is 43.3 Å². The summed E-state index contributed by atoms with van der Waals surface area (Å²) in [6.07, 6.45) is 0. The number of thioether (sulfide) groups is 1. The van der Waals surface area contributed by atoms with Crippen molar-refractivity contribution < 1.29 is 9.53 Å². The molecular weight excluding hydrogens is 362 g/mol. The highest BCUT2D eigenvalue weighted by Gasteiger charge is 2.36. The summed E-state index contributed by atoms with van der Waals surface area (Å²) >= 11 is 12.7. The van der Waals surface area contributed by atoms with Crippen LogP contribution < -0.4 is 9.64 Å². The van der Waals surface area contributed by atoms with Gasteiger partial charge in [0.2, 0.25) is 0 Å². The molecule has 24 heavy (non-hydrogen) atoms. The third-order valence-corrected chi connectivity index (χ3v) is 5.44. The van der Waals surface area contributed by atoms with Crippen LogP contribution in [0.25, 0.3) is 5.57 Å². The van der Waals surface area contributed by atoms with E-state index in [4.69, 9.17) is 28.6 Å². The molecule has 0 aromatic heterocycles. The number of amides is 1. The van der Waals surface area contributed by atoms with Gasteiger partial charge in [0.05, 0.1) is 17.7 Å². The Kier molecular flexibility index (Phi) is 4.94. The molecule has 0 aliphatic carbocycles. The van der Waals surface area contributed by atoms with E-state index in [9.17, 15) is 4.79 Å². The highest BCUT2D eigenvalue weighted by atomic mass is 35.5. The molecule has 1 amide bonds. The molecule has 0 radical (unpaired) electrons. The monoisotopic (exact) mass is 375 g/mol. The first-order valence-electron chi connectivity index (χ1n) is 7.19. The number of ether oxygens (including phenoxy) is 1. The second kappa shape index (κ2) is 6.97. The van der Waals surface area contributed by atoms with Gasteiger partial charge < -0.3 is 4.74 Å². The topological polar surface area (TPSA) is 29.5 Å². The summed E-state index contributed by atoms with van der Waals surface area (Å²) in [5.41, 5.74) is 2.47. The number of para-hydroxylation sites is 2. The maximum Gasteiger partial charge on any atom is 0.271 e. The summed E-state index contributed by atoms with van der Waals surface area (Å²) in [7, 11) is 1.57. The Balaban J connectivity index is 2.03. The highest BCUT2D eigenvalue weighted by Crippen LogP contribution is 2.41. The number of thiocarbonyl (C=S) groups is 1. The molecule has 0 saturated carbocycles. The fraction of sp³-hybridized carbons (Fsp3) is 0.111. The van der Waals surface area contributed by atoms with E-state index in [1.54, 1.807) is 19.2 Å². The maximum absolute atomic E-state index is 12.9. The van der Waals surface area contributed by atoms with Gasteiger partial charge in [-0.05, 0) is 42.3 Å². The zero-order chi connectivity index (χ0) is 17.3. The smallest absolute Gasteiger partial charge is 0.271 e. The molecule has 0 spiro atoms. The van der Waals surface area contributed by atoms with Gasteiger partial charge in [-0.3, -0.25) is 9.69 Å². The van der Waals surface area contributed by atoms with E-state index in [1.165, 1.54) is 16.7 Å². The third kappa shape index (κ3) is 3.07. The van der Waals surface area contributed by atoms with Crippen LogP contribution in [-0.2, 0) is 4.79 Å². The van der Waals surface area contributed by atoms with Gasteiger partial charge in [0.15, 0.2) is 4.32 Å². The lowest BCUT2D eigenvalue weighted by Gasteiger charge is -2.17. The summed E-state index contributed by atoms with van der Waals surface area (Å²) in [5, 5.41) is 0.660. The molecule has 2 aromatic carbocycles. The normalized spacial score (nSPS) is 16.5. The Hall–Kier alpha value is -1.82. The largest absolute Gasteiger partial charge is 0.495 e. The van der Waals surface area contributed by atoms with Crippen LogP contribution in [0, 0.1) is 0 Å². The fourth-order valence-electron chi connectivity index (χ4n) is 2.45. The Morgan fingerprint density at radius 2 is 1.83 bits per heavy atom. The molecule has 6 heteroatoms. The summed E-state index contributed by atoms with van der Waals surface area (Å²) in [5.74, 6) is 0.473. The van der Waals surface area contributed by atoms with Gasteiger partial charge in [-0.25, -0.2) is 0 Å². The van der Waals surface area contributed by atoms with Crippen LogP contribution in [0.15, 0.2) is 53.4 Å². The van der Waals surface area contributed by atoms with Crippen LogP contribution in [0.4, 0.5) is 5.69 Å². The third-order valence-electron chi connectivity index (χ3n) is 3.71. The lowest BCUT2D eigenvalue weighted by molar-refractivity contribution is -0.113. The van der Waals surface area contributed by atoms with Gasteiger partial charge in [0.1, 0.15) is 5.75 Å². The van der Waals surface area contributed by atoms with Crippen LogP contribution in [0.5, 0.6) is 5.75 Å². The quantitative estimate of drug-likeness (QED) is 0.548. The van der Waals surface area contributed by atoms with Gasteiger partial charge in [-0.15, -0.1) is 0 Å². The average molecular weight is 376 g/mol. The summed E-state index contributed by atoms with van der Waals surface area (Å²) in [6, 6.07) is 14.7. The van der Waals surface area contributed by atoms with Crippen LogP contribution in [0.3, 0.4) is 0 Å². The number of hydrogen-bond acceptors (Lipinski definition) is 4. The van der Waals surface area contributed by atoms with Gasteiger partial charge in [-0.2, -0.15) is 0 Å². The lowest BCUT2D eigenvalue weighted by Crippen LogP contribution is -2.28. The standard InChI is InChI=1S/C18H14ClNO2S2/c1-11(12-7-9-13(19)10-8-12)16-17(21)20(18(23)24-16)14-5-3-4-6-15(14)22-2/h3-10H,1-2H3/b16-11+. The number of methoxy groups -OCH3 is 1. The molecule has 1 aliphatic heterocycles. The van der Waals surface area contributed by atoms with Crippen molar-refractivity contribution in [1.82, 2.24) is 0 Å². The lowest BCUT2D eigenvalue weighted by atomic mass is 10.1. The van der Waals surface area contributed by atoms with Crippen LogP contribution in [0.2, 0.25) is 5.02 Å². The van der Waals surface area contributed by atoms with Crippen LogP contribution >= 0.6 is 35.6 Å². The van der Waals surface area contributed by atoms with E-state index in [0.717, 1.165) is 11.1 Å². The molecule has 0 bridgehead atoms. The van der Waals surface area contributed by atoms with Crippen molar-refractivity contribution in [3.63, 3.8) is 0 Å². The van der Waals surface area contributed by atoms with Gasteiger partial charge in [0.25, 0.3) is 5.91 Å². The van der Waals surface area contributed by atoms with Crippen LogP contribution in [-0.4, -0.2) is 17.3 Å². The zero-order valence-electron chi connectivity index (χ0n) is 13.1. The van der Waals surface area contributed by atoms with Crippen molar-refractivity contribution in [3.05, 3.63) is 64.0 Å². The summed E-state index contributed by atoms with van der Waals surface area (Å²) in [4.78, 5) is 15.1. The number of rotatable bonds is 3. The number of anilines is 1. The van der Waals surface area contributed by atoms with E-state index < -0.39 is 0 Å². The minimum atomic E-state index is -0.137. The first kappa shape index (κ1) is 17.0. The molecule has 0 unspecified atom stereocenters. The Labute approximate surface area is 155 Å². The fourth-order valence-corrected chi connectivity index (χ4v) is 3.91. The van der Waals surface area contributed by atoms with Gasteiger partial charge in [0, 0.05) is 5.02 Å². The molecule has 1 saturated heterocycles. The zero-order valence-corrected chi connectivity index (χ0v) is 15.5. The first-order chi connectivity index (χ1) is 11.5. The molecule has 3 nitrogen and oxygen atoms in total. The Morgan fingerprint density at radius 1 is 1.17 bits per heavy atom. The number of allylic oxidation sites excluding steroid dienone is 1. The predicted molar refractivity (Wildman–Crippen MR) is 105 cm³/mol. The van der Waals surface area contributed by atoms with E-state index >= 15 is 0 Å². The molecule has 1 aliphatic rings. The van der Waals surface area contributed by atoms with Crippen molar-refractivity contribution in [3.8, 4) is 5.75 Å². The Morgan fingerprint density at radius 3 is 2.50 bits per heavy atom. The van der Waals surface area contributed by atoms with Crippen LogP contribution in [0.1, 0.15) is 12.5 Å². The Bertz CT molecular complexity index is 846. The summed E-state index contributed by atoms with van der Waals surface area (Å²) < 4.78 is 5.85. The van der Waals surface area contributed by atoms with Crippen molar-refractivity contribution in [2.45, 2.75) is 6.92 Å². The van der Waals surface area contributed by atoms with Gasteiger partial charge in [-0.1, -0.05) is 59.8 Å². The second-order valence-electron chi connectivity index (χ2n) is 5.14. The first-order valence-corrected chi connectivity index (χ1v) is 8.79. The number of nitrogens with zero attached hydrogens (tertiary/aromatic N) is 1. The van der Waals surface area contributed by atoms with E-state index in [2.05, 4.69) is 0 Å². The molecule has 0 atom stereocenters. The van der Waals surface area contributed by atoms with Crippen molar-refractivity contribution in [2.75, 3.05) is 12.0 Å². The average Bonchev–Trinajstić information content (AvgIpc) is 2.89. The second-order valence-corrected chi connectivity index (χ2v) is 7.22. The minimum absolute atomic E-state index is 0.137. The number of carbonyl (C=O) groups is 1. The van der Waals surface area contributed by atoms with Gasteiger partial charge >= 0.3 is 0 Å². The summed E-state index contributed by atoms with van der Waals surface area (Å²) in [6.45, 7) is 1.91. The molecular formula is C18H14ClNO2S2. The van der Waals surface area contributed by atoms with E-state index in [-0.39, 0.29) is 5.91 Å². The van der Waals surface area contributed by atoms with E-state index in [0.29, 0.717) is 25.7 Å². The molecule has 122 valence electrons. The van der Waals surface area contributed by atoms with Crippen molar-refractivity contribution in [1.29, 1.82) is 0 Å². The molecule has 1 heterocycles. The number of carbonyl (C=O) groups excluding carboxylic acids is 1. The SMILES string of the molecule is COc1ccccc1N1C(=O)/C(=C(/C)c2ccc(Cl)cc2)SC1=S. The number of benzene rings is 2. The molecule has 1 fully saturated rings. The minimum Gasteiger partial charge on any atom is -0.495 e. The molecule has 3 rings (SSSR count). The predicted octanol–water partition coefficient (Wildman–Crippen LogP) is 5.14. The number of hydrogen-bond donors (Lipinski definition) is 0. The van der Waals surface area contributed by atoms with Crippen molar-refractivity contribution >= 4 is 57.1 Å². The van der Waals surface area contributed by atoms with Crippen molar-refractivity contribution in [2.24, 2.45) is 0 Å². The molecule has 2 aromatic rings.